The van der Waals surface area contributed by atoms with Crippen molar-refractivity contribution in [1.82, 2.24) is 0 Å². The van der Waals surface area contributed by atoms with E-state index in [1.807, 2.05) is 30.3 Å². The summed E-state index contributed by atoms with van der Waals surface area (Å²) in [5, 5.41) is 2.57. The van der Waals surface area contributed by atoms with Crippen LogP contribution < -0.4 is 5.32 Å². The summed E-state index contributed by atoms with van der Waals surface area (Å²) in [6, 6.07) is 11.9. The lowest BCUT2D eigenvalue weighted by molar-refractivity contribution is 0.155. The van der Waals surface area contributed by atoms with Gasteiger partial charge >= 0.3 is 6.09 Å². The molecule has 0 aliphatic heterocycles. The van der Waals surface area contributed by atoms with Gasteiger partial charge < -0.3 is 4.74 Å². The van der Waals surface area contributed by atoms with Gasteiger partial charge in [-0.15, -0.1) is 12.6 Å². The molecule has 1 amide bonds. The molecule has 0 saturated heterocycles. The second-order valence-electron chi connectivity index (χ2n) is 4.30. The maximum atomic E-state index is 13.1. The predicted molar refractivity (Wildman–Crippen MR) is 78.6 cm³/mol. The van der Waals surface area contributed by atoms with Crippen molar-refractivity contribution in [1.29, 1.82) is 0 Å². The van der Waals surface area contributed by atoms with Gasteiger partial charge in [0.05, 0.1) is 5.69 Å². The van der Waals surface area contributed by atoms with Crippen molar-refractivity contribution < 1.29 is 13.9 Å². The summed E-state index contributed by atoms with van der Waals surface area (Å²) in [7, 11) is 0. The summed E-state index contributed by atoms with van der Waals surface area (Å²) >= 11 is 4.14. The minimum atomic E-state index is -0.598. The third-order valence-electron chi connectivity index (χ3n) is 2.72. The summed E-state index contributed by atoms with van der Waals surface area (Å²) in [4.78, 5) is 12.1. The minimum Gasteiger partial charge on any atom is -0.444 e. The Morgan fingerprint density at radius 1 is 1.30 bits per heavy atom. The van der Waals surface area contributed by atoms with Gasteiger partial charge in [0.15, 0.2) is 0 Å². The molecule has 2 aromatic carbocycles. The number of hydrogen-bond donors (Lipinski definition) is 2. The first-order valence-corrected chi connectivity index (χ1v) is 6.48. The van der Waals surface area contributed by atoms with Gasteiger partial charge in [-0.1, -0.05) is 30.3 Å². The summed E-state index contributed by atoms with van der Waals surface area (Å²) in [5.74, 6) is -0.393. The van der Waals surface area contributed by atoms with E-state index in [0.29, 0.717) is 16.1 Å². The molecule has 0 aliphatic carbocycles. The first-order chi connectivity index (χ1) is 9.56. The third kappa shape index (κ3) is 3.74. The van der Waals surface area contributed by atoms with Crippen LogP contribution in [0.15, 0.2) is 47.4 Å². The normalized spacial score (nSPS) is 10.2. The zero-order valence-corrected chi connectivity index (χ0v) is 11.8. The molecular formula is C15H14FNO2S. The molecule has 20 heavy (non-hydrogen) atoms. The van der Waals surface area contributed by atoms with Crippen molar-refractivity contribution >= 4 is 24.4 Å². The molecule has 0 aromatic heterocycles. The van der Waals surface area contributed by atoms with Crippen LogP contribution in [0.5, 0.6) is 0 Å². The Morgan fingerprint density at radius 3 is 2.65 bits per heavy atom. The molecule has 104 valence electrons. The molecule has 3 nitrogen and oxygen atoms in total. The van der Waals surface area contributed by atoms with E-state index in [-0.39, 0.29) is 6.61 Å². The Morgan fingerprint density at radius 2 is 2.00 bits per heavy atom. The van der Waals surface area contributed by atoms with Crippen LogP contribution in [-0.4, -0.2) is 6.09 Å². The van der Waals surface area contributed by atoms with Crippen molar-refractivity contribution in [2.75, 3.05) is 5.32 Å². The number of aryl methyl sites for hydroxylation is 1. The fourth-order valence-electron chi connectivity index (χ4n) is 1.75. The molecule has 0 saturated carbocycles. The van der Waals surface area contributed by atoms with E-state index in [4.69, 9.17) is 4.74 Å². The Bertz CT molecular complexity index is 594. The lowest BCUT2D eigenvalue weighted by atomic mass is 10.2. The molecule has 0 heterocycles. The first-order valence-electron chi connectivity index (χ1n) is 6.03. The first kappa shape index (κ1) is 14.4. The van der Waals surface area contributed by atoms with E-state index in [9.17, 15) is 9.18 Å². The van der Waals surface area contributed by atoms with Crippen LogP contribution in [0.4, 0.5) is 14.9 Å². The monoisotopic (exact) mass is 291 g/mol. The minimum absolute atomic E-state index is 0.175. The van der Waals surface area contributed by atoms with Crippen molar-refractivity contribution in [3.05, 3.63) is 59.4 Å². The zero-order valence-electron chi connectivity index (χ0n) is 10.9. The maximum absolute atomic E-state index is 13.1. The summed E-state index contributed by atoms with van der Waals surface area (Å²) < 4.78 is 18.2. The maximum Gasteiger partial charge on any atom is 0.411 e. The molecule has 0 bridgehead atoms. The number of carbonyl (C=O) groups is 1. The van der Waals surface area contributed by atoms with E-state index in [2.05, 4.69) is 17.9 Å². The predicted octanol–water partition coefficient (Wildman–Crippen LogP) is 4.17. The van der Waals surface area contributed by atoms with Gasteiger partial charge in [0.25, 0.3) is 0 Å². The van der Waals surface area contributed by atoms with Gasteiger partial charge in [0.1, 0.15) is 12.4 Å². The van der Waals surface area contributed by atoms with Crippen molar-refractivity contribution in [3.63, 3.8) is 0 Å². The lowest BCUT2D eigenvalue weighted by Crippen LogP contribution is -2.15. The second-order valence-corrected chi connectivity index (χ2v) is 4.79. The molecule has 0 unspecified atom stereocenters. The highest BCUT2D eigenvalue weighted by Gasteiger charge is 2.10. The molecule has 0 radical (unpaired) electrons. The number of carbonyl (C=O) groups excluding carboxylic acids is 1. The highest BCUT2D eigenvalue weighted by Crippen LogP contribution is 2.25. The smallest absolute Gasteiger partial charge is 0.411 e. The topological polar surface area (TPSA) is 38.3 Å². The van der Waals surface area contributed by atoms with Crippen molar-refractivity contribution in [3.8, 4) is 0 Å². The third-order valence-corrected chi connectivity index (χ3v) is 3.07. The van der Waals surface area contributed by atoms with Crippen LogP contribution in [0.25, 0.3) is 0 Å². The largest absolute Gasteiger partial charge is 0.444 e. The highest BCUT2D eigenvalue weighted by molar-refractivity contribution is 7.80. The molecule has 1 N–H and O–H groups in total. The Hall–Kier alpha value is -2.01. The summed E-state index contributed by atoms with van der Waals surface area (Å²) in [5.41, 5.74) is 1.93. The van der Waals surface area contributed by atoms with E-state index < -0.39 is 11.9 Å². The van der Waals surface area contributed by atoms with E-state index in [0.717, 1.165) is 5.56 Å². The van der Waals surface area contributed by atoms with E-state index >= 15 is 0 Å². The molecule has 2 aromatic rings. The molecule has 0 atom stereocenters. The molecule has 2 rings (SSSR count). The van der Waals surface area contributed by atoms with Crippen LogP contribution in [0.1, 0.15) is 11.1 Å². The Labute approximate surface area is 122 Å². The SMILES string of the molecule is Cc1cc(F)cc(S)c1NC(=O)OCc1ccccc1. The number of rotatable bonds is 3. The number of amides is 1. The van der Waals surface area contributed by atoms with Crippen LogP contribution >= 0.6 is 12.6 Å². The Kier molecular flexibility index (Phi) is 4.63. The van der Waals surface area contributed by atoms with Crippen molar-refractivity contribution in [2.24, 2.45) is 0 Å². The van der Waals surface area contributed by atoms with Gasteiger partial charge in [-0.25, -0.2) is 9.18 Å². The molecular weight excluding hydrogens is 277 g/mol. The molecule has 0 fully saturated rings. The van der Waals surface area contributed by atoms with Gasteiger partial charge in [-0.05, 0) is 30.2 Å². The number of thiol groups is 1. The fourth-order valence-corrected chi connectivity index (χ4v) is 2.10. The number of ether oxygens (including phenoxy) is 1. The molecule has 0 spiro atoms. The van der Waals surface area contributed by atoms with Crippen molar-refractivity contribution in [2.45, 2.75) is 18.4 Å². The van der Waals surface area contributed by atoms with E-state index in [1.165, 1.54) is 12.1 Å². The standard InChI is InChI=1S/C15H14FNO2S/c1-10-7-12(16)8-13(20)14(10)17-15(18)19-9-11-5-3-2-4-6-11/h2-8,20H,9H2,1H3,(H,17,18). The van der Waals surface area contributed by atoms with Gasteiger partial charge in [0.2, 0.25) is 0 Å². The number of anilines is 1. The number of benzene rings is 2. The molecule has 5 heteroatoms. The van der Waals surface area contributed by atoms with Gasteiger partial charge in [0, 0.05) is 4.90 Å². The lowest BCUT2D eigenvalue weighted by Gasteiger charge is -2.11. The van der Waals surface area contributed by atoms with E-state index in [1.54, 1.807) is 6.92 Å². The Balaban J connectivity index is 1.98. The van der Waals surface area contributed by atoms with Crippen LogP contribution in [-0.2, 0) is 11.3 Å². The second kappa shape index (κ2) is 6.43. The van der Waals surface area contributed by atoms with Crippen LogP contribution in [0.3, 0.4) is 0 Å². The number of halogens is 1. The quantitative estimate of drug-likeness (QED) is 0.833. The summed E-state index contributed by atoms with van der Waals surface area (Å²) in [6.45, 7) is 1.87. The summed E-state index contributed by atoms with van der Waals surface area (Å²) in [6.07, 6.45) is -0.598. The van der Waals surface area contributed by atoms with Crippen LogP contribution in [0, 0.1) is 12.7 Å². The zero-order chi connectivity index (χ0) is 14.5. The van der Waals surface area contributed by atoms with Crippen LogP contribution in [0.2, 0.25) is 0 Å². The molecule has 0 aliphatic rings. The highest BCUT2D eigenvalue weighted by atomic mass is 32.1. The number of nitrogens with one attached hydrogen (secondary N) is 1. The van der Waals surface area contributed by atoms with Gasteiger partial charge in [-0.3, -0.25) is 5.32 Å². The van der Waals surface area contributed by atoms with Gasteiger partial charge in [-0.2, -0.15) is 0 Å². The average Bonchev–Trinajstić information content (AvgIpc) is 2.42. The fraction of sp³-hybridized carbons (Fsp3) is 0.133. The average molecular weight is 291 g/mol. The number of hydrogen-bond acceptors (Lipinski definition) is 3.